The topological polar surface area (TPSA) is 68.8 Å². The van der Waals surface area contributed by atoms with Crippen LogP contribution < -0.4 is 24.8 Å². The van der Waals surface area contributed by atoms with E-state index in [0.717, 1.165) is 16.9 Å². The molecule has 2 amide bonds. The van der Waals surface area contributed by atoms with Gasteiger partial charge in [-0.05, 0) is 31.0 Å². The lowest BCUT2D eigenvalue weighted by molar-refractivity contribution is 0.234. The number of rotatable bonds is 6. The fourth-order valence-electron chi connectivity index (χ4n) is 2.18. The number of nitrogens with one attached hydrogen (secondary N) is 2. The van der Waals surface area contributed by atoms with E-state index in [0.29, 0.717) is 22.2 Å². The summed E-state index contributed by atoms with van der Waals surface area (Å²) in [6.07, 6.45) is 0. The van der Waals surface area contributed by atoms with Gasteiger partial charge in [0, 0.05) is 12.1 Å². The van der Waals surface area contributed by atoms with E-state index in [1.54, 1.807) is 12.1 Å². The van der Waals surface area contributed by atoms with Crippen molar-refractivity contribution in [3.05, 3.63) is 46.5 Å². The number of aryl methyl sites for hydroxylation is 1. The highest BCUT2D eigenvalue weighted by Crippen LogP contribution is 2.35. The molecular weight excluding hydrogens is 344 g/mol. The number of hydrogen-bond acceptors (Lipinski definition) is 4. The van der Waals surface area contributed by atoms with Gasteiger partial charge in [0.05, 0.1) is 24.9 Å². The number of carbonyl (C=O) groups excluding carboxylic acids is 1. The lowest BCUT2D eigenvalue weighted by atomic mass is 10.1. The van der Waals surface area contributed by atoms with Gasteiger partial charge in [-0.3, -0.25) is 0 Å². The molecule has 0 aliphatic carbocycles. The van der Waals surface area contributed by atoms with Crippen LogP contribution in [0.25, 0.3) is 0 Å². The van der Waals surface area contributed by atoms with Gasteiger partial charge < -0.3 is 24.8 Å². The van der Waals surface area contributed by atoms with Crippen LogP contribution in [0.15, 0.2) is 30.3 Å². The van der Waals surface area contributed by atoms with Gasteiger partial charge in [0.15, 0.2) is 6.73 Å². The first kappa shape index (κ1) is 18.7. The normalized spacial score (nSPS) is 10.1. The van der Waals surface area contributed by atoms with Gasteiger partial charge in [-0.25, -0.2) is 4.79 Å². The van der Waals surface area contributed by atoms with E-state index in [1.807, 2.05) is 32.0 Å². The first-order valence-electron chi connectivity index (χ1n) is 7.61. The fourth-order valence-corrected chi connectivity index (χ4v) is 2.42. The predicted octanol–water partition coefficient (Wildman–Crippen LogP) is 4.13. The van der Waals surface area contributed by atoms with Crippen molar-refractivity contribution < 1.29 is 19.0 Å². The molecule has 0 radical (unpaired) electrons. The van der Waals surface area contributed by atoms with Crippen LogP contribution in [0.4, 0.5) is 10.5 Å². The van der Waals surface area contributed by atoms with Crippen molar-refractivity contribution in [1.82, 2.24) is 5.32 Å². The molecule has 0 atom stereocenters. The van der Waals surface area contributed by atoms with Crippen molar-refractivity contribution in [1.29, 1.82) is 0 Å². The number of urea groups is 1. The molecule has 0 bridgehead atoms. The Bertz CT molecular complexity index is 765. The second-order valence-electron chi connectivity index (χ2n) is 5.30. The van der Waals surface area contributed by atoms with Gasteiger partial charge in [0.2, 0.25) is 0 Å². The summed E-state index contributed by atoms with van der Waals surface area (Å²) in [4.78, 5) is 12.1. The Morgan fingerprint density at radius 3 is 2.48 bits per heavy atom. The van der Waals surface area contributed by atoms with Gasteiger partial charge >= 0.3 is 6.03 Å². The number of methoxy groups -OCH3 is 2. The molecule has 134 valence electrons. The van der Waals surface area contributed by atoms with Crippen LogP contribution in [-0.2, 0) is 0 Å². The van der Waals surface area contributed by atoms with E-state index in [9.17, 15) is 4.79 Å². The second-order valence-corrected chi connectivity index (χ2v) is 5.71. The maximum absolute atomic E-state index is 12.1. The second kappa shape index (κ2) is 8.48. The number of carbonyl (C=O) groups is 1. The standard InChI is InChI=1S/C18H21ClN2O4/c1-11-6-5-7-15(12(11)2)25-10-20-18(22)21-14-9-16(23-3)13(19)8-17(14)24-4/h5-9H,10H2,1-4H3,(H2,20,21,22). The average molecular weight is 365 g/mol. The lowest BCUT2D eigenvalue weighted by Crippen LogP contribution is -2.32. The lowest BCUT2D eigenvalue weighted by Gasteiger charge is -2.15. The van der Waals surface area contributed by atoms with E-state index < -0.39 is 6.03 Å². The summed E-state index contributed by atoms with van der Waals surface area (Å²) in [6, 6.07) is 8.49. The Morgan fingerprint density at radius 2 is 1.80 bits per heavy atom. The minimum absolute atomic E-state index is 0.0309. The van der Waals surface area contributed by atoms with Crippen LogP contribution in [0.2, 0.25) is 5.02 Å². The molecule has 2 aromatic rings. The molecule has 0 heterocycles. The van der Waals surface area contributed by atoms with Crippen LogP contribution in [-0.4, -0.2) is 27.0 Å². The van der Waals surface area contributed by atoms with E-state index in [2.05, 4.69) is 10.6 Å². The van der Waals surface area contributed by atoms with Crippen molar-refractivity contribution in [2.45, 2.75) is 13.8 Å². The highest BCUT2D eigenvalue weighted by Gasteiger charge is 2.12. The van der Waals surface area contributed by atoms with Crippen molar-refractivity contribution in [2.75, 3.05) is 26.3 Å². The monoisotopic (exact) mass is 364 g/mol. The summed E-state index contributed by atoms with van der Waals surface area (Å²) in [5.41, 5.74) is 2.60. The van der Waals surface area contributed by atoms with E-state index in [1.165, 1.54) is 14.2 Å². The quantitative estimate of drug-likeness (QED) is 0.756. The van der Waals surface area contributed by atoms with Gasteiger partial charge in [0.25, 0.3) is 0 Å². The maximum Gasteiger partial charge on any atom is 0.321 e. The molecule has 2 rings (SSSR count). The molecule has 0 aliphatic heterocycles. The van der Waals surface area contributed by atoms with Crippen LogP contribution in [0, 0.1) is 13.8 Å². The molecule has 0 saturated carbocycles. The summed E-state index contributed by atoms with van der Waals surface area (Å²) >= 11 is 6.04. The molecule has 0 fully saturated rings. The molecule has 6 nitrogen and oxygen atoms in total. The third kappa shape index (κ3) is 4.70. The summed E-state index contributed by atoms with van der Waals surface area (Å²) in [5.74, 6) is 1.59. The summed E-state index contributed by atoms with van der Waals surface area (Å²) < 4.78 is 16.0. The van der Waals surface area contributed by atoms with Gasteiger partial charge in [-0.1, -0.05) is 23.7 Å². The zero-order valence-electron chi connectivity index (χ0n) is 14.6. The van der Waals surface area contributed by atoms with Gasteiger partial charge in [-0.15, -0.1) is 0 Å². The zero-order chi connectivity index (χ0) is 18.4. The van der Waals surface area contributed by atoms with Crippen molar-refractivity contribution in [3.8, 4) is 17.2 Å². The van der Waals surface area contributed by atoms with Crippen LogP contribution >= 0.6 is 11.6 Å². The number of hydrogen-bond donors (Lipinski definition) is 2. The Morgan fingerprint density at radius 1 is 1.08 bits per heavy atom. The van der Waals surface area contributed by atoms with Gasteiger partial charge in [0.1, 0.15) is 17.2 Å². The fraction of sp³-hybridized carbons (Fsp3) is 0.278. The molecule has 0 unspecified atom stereocenters. The highest BCUT2D eigenvalue weighted by atomic mass is 35.5. The number of halogens is 1. The van der Waals surface area contributed by atoms with Crippen LogP contribution in [0.5, 0.6) is 17.2 Å². The Labute approximate surface area is 152 Å². The summed E-state index contributed by atoms with van der Waals surface area (Å²) in [6.45, 7) is 4.00. The molecule has 2 aromatic carbocycles. The molecule has 0 spiro atoms. The maximum atomic E-state index is 12.1. The third-order valence-corrected chi connectivity index (χ3v) is 4.03. The Kier molecular flexibility index (Phi) is 6.36. The SMILES string of the molecule is COc1cc(NC(=O)NCOc2cccc(C)c2C)c(OC)cc1Cl. The Hall–Kier alpha value is -2.60. The van der Waals surface area contributed by atoms with E-state index in [4.69, 9.17) is 25.8 Å². The number of anilines is 1. The molecule has 0 aromatic heterocycles. The van der Waals surface area contributed by atoms with E-state index >= 15 is 0 Å². The largest absolute Gasteiger partial charge is 0.495 e. The smallest absolute Gasteiger partial charge is 0.321 e. The molecular formula is C18H21ClN2O4. The zero-order valence-corrected chi connectivity index (χ0v) is 15.4. The molecule has 2 N–H and O–H groups in total. The van der Waals surface area contributed by atoms with E-state index in [-0.39, 0.29) is 6.73 Å². The van der Waals surface area contributed by atoms with Gasteiger partial charge in [-0.2, -0.15) is 0 Å². The van der Waals surface area contributed by atoms with Crippen LogP contribution in [0.1, 0.15) is 11.1 Å². The molecule has 7 heteroatoms. The molecule has 0 aliphatic rings. The van der Waals surface area contributed by atoms with Crippen LogP contribution in [0.3, 0.4) is 0 Å². The summed E-state index contributed by atoms with van der Waals surface area (Å²) in [7, 11) is 2.99. The molecule has 0 saturated heterocycles. The predicted molar refractivity (Wildman–Crippen MR) is 98.1 cm³/mol. The average Bonchev–Trinajstić information content (AvgIpc) is 2.59. The van der Waals surface area contributed by atoms with Crippen molar-refractivity contribution in [3.63, 3.8) is 0 Å². The first-order valence-corrected chi connectivity index (χ1v) is 7.99. The van der Waals surface area contributed by atoms with Crippen molar-refractivity contribution in [2.24, 2.45) is 0 Å². The Balaban J connectivity index is 1.97. The third-order valence-electron chi connectivity index (χ3n) is 3.74. The number of benzene rings is 2. The van der Waals surface area contributed by atoms with Crippen molar-refractivity contribution >= 4 is 23.3 Å². The minimum atomic E-state index is -0.437. The first-order chi connectivity index (χ1) is 12.0. The number of amides is 2. The summed E-state index contributed by atoms with van der Waals surface area (Å²) in [5, 5.41) is 5.70. The highest BCUT2D eigenvalue weighted by molar-refractivity contribution is 6.32. The molecule has 25 heavy (non-hydrogen) atoms. The minimum Gasteiger partial charge on any atom is -0.495 e. The number of ether oxygens (including phenoxy) is 3.